The third kappa shape index (κ3) is 3.28. The number of hydrogen-bond acceptors (Lipinski definition) is 5. The molecule has 0 bridgehead atoms. The third-order valence-corrected chi connectivity index (χ3v) is 4.29. The lowest BCUT2D eigenvalue weighted by Crippen LogP contribution is -2.47. The quantitative estimate of drug-likeness (QED) is 0.852. The first-order valence-corrected chi connectivity index (χ1v) is 8.19. The lowest BCUT2D eigenvalue weighted by molar-refractivity contribution is -0.214. The van der Waals surface area contributed by atoms with E-state index in [1.165, 1.54) is 6.92 Å². The van der Waals surface area contributed by atoms with Gasteiger partial charge in [-0.15, -0.1) is 0 Å². The van der Waals surface area contributed by atoms with Crippen molar-refractivity contribution >= 4 is 11.7 Å². The first-order chi connectivity index (χ1) is 11.9. The van der Waals surface area contributed by atoms with Gasteiger partial charge in [0, 0.05) is 6.92 Å². The minimum absolute atomic E-state index is 0.365. The Morgan fingerprint density at radius 1 is 1.08 bits per heavy atom. The summed E-state index contributed by atoms with van der Waals surface area (Å²) in [6.45, 7) is 5.41. The van der Waals surface area contributed by atoms with Crippen molar-refractivity contribution in [3.8, 4) is 5.75 Å². The van der Waals surface area contributed by atoms with E-state index in [1.54, 1.807) is 12.2 Å². The first kappa shape index (κ1) is 17.2. The largest absolute Gasteiger partial charge is 0.497 e. The molecule has 5 nitrogen and oxygen atoms in total. The van der Waals surface area contributed by atoms with Gasteiger partial charge in [-0.1, -0.05) is 47.5 Å². The van der Waals surface area contributed by atoms with E-state index in [-0.39, 0.29) is 5.97 Å². The van der Waals surface area contributed by atoms with Crippen LogP contribution in [-0.4, -0.2) is 29.4 Å². The fourth-order valence-corrected chi connectivity index (χ4v) is 3.06. The molecular weight excluding hydrogens is 316 g/mol. The highest BCUT2D eigenvalue weighted by atomic mass is 16.7. The first-order valence-electron chi connectivity index (χ1n) is 8.19. The summed E-state index contributed by atoms with van der Waals surface area (Å²) in [6.07, 6.45) is -0.403. The van der Waals surface area contributed by atoms with E-state index < -0.39 is 11.7 Å². The summed E-state index contributed by atoms with van der Waals surface area (Å²) in [6, 6.07) is 17.6. The molecule has 130 valence electrons. The number of aliphatic imine (C=N–C) groups is 1. The van der Waals surface area contributed by atoms with Gasteiger partial charge in [0.25, 0.3) is 0 Å². The molecule has 0 saturated heterocycles. The van der Waals surface area contributed by atoms with Crippen LogP contribution in [0, 0.1) is 0 Å². The van der Waals surface area contributed by atoms with E-state index in [4.69, 9.17) is 14.6 Å². The number of carbonyl (C=O) groups is 1. The lowest BCUT2D eigenvalue weighted by atomic mass is 9.93. The number of benzene rings is 2. The molecule has 0 fully saturated rings. The van der Waals surface area contributed by atoms with Crippen LogP contribution in [-0.2, 0) is 9.63 Å². The van der Waals surface area contributed by atoms with Crippen molar-refractivity contribution in [2.24, 2.45) is 4.99 Å². The number of nitrogens with zero attached hydrogens (tertiary/aromatic N) is 2. The summed E-state index contributed by atoms with van der Waals surface area (Å²) in [7, 11) is 1.63. The highest BCUT2D eigenvalue weighted by molar-refractivity contribution is 6.08. The molecule has 1 aliphatic heterocycles. The van der Waals surface area contributed by atoms with Crippen molar-refractivity contribution in [2.75, 3.05) is 7.11 Å². The molecule has 0 saturated carbocycles. The second-order valence-electron chi connectivity index (χ2n) is 6.46. The van der Waals surface area contributed by atoms with E-state index in [9.17, 15) is 4.79 Å². The molecule has 5 heteroatoms. The summed E-state index contributed by atoms with van der Waals surface area (Å²) >= 11 is 0. The smallest absolute Gasteiger partial charge is 0.322 e. The monoisotopic (exact) mass is 338 g/mol. The zero-order valence-electron chi connectivity index (χ0n) is 14.9. The van der Waals surface area contributed by atoms with Gasteiger partial charge in [0.1, 0.15) is 5.75 Å². The predicted octanol–water partition coefficient (Wildman–Crippen LogP) is 3.76. The molecule has 25 heavy (non-hydrogen) atoms. The number of carbonyl (C=O) groups excluding carboxylic acids is 1. The van der Waals surface area contributed by atoms with Gasteiger partial charge in [-0.05, 0) is 37.1 Å². The Bertz CT molecular complexity index is 782. The van der Waals surface area contributed by atoms with Gasteiger partial charge in [0.05, 0.1) is 18.4 Å². The molecule has 2 aromatic rings. The molecule has 2 aromatic carbocycles. The normalized spacial score (nSPS) is 19.4. The van der Waals surface area contributed by atoms with E-state index in [1.807, 2.05) is 68.4 Å². The van der Waals surface area contributed by atoms with Gasteiger partial charge in [0.15, 0.2) is 6.17 Å². The Balaban J connectivity index is 2.05. The fraction of sp³-hybridized carbons (Fsp3) is 0.300. The van der Waals surface area contributed by atoms with E-state index in [0.717, 1.165) is 22.6 Å². The summed E-state index contributed by atoms with van der Waals surface area (Å²) in [4.78, 5) is 22.1. The number of hydroxylamine groups is 2. The molecule has 1 atom stereocenters. The van der Waals surface area contributed by atoms with Crippen molar-refractivity contribution in [3.63, 3.8) is 0 Å². The van der Waals surface area contributed by atoms with Crippen LogP contribution < -0.4 is 4.74 Å². The average molecular weight is 338 g/mol. The molecule has 0 aromatic heterocycles. The van der Waals surface area contributed by atoms with Crippen LogP contribution >= 0.6 is 0 Å². The van der Waals surface area contributed by atoms with Gasteiger partial charge in [-0.3, -0.25) is 9.79 Å². The van der Waals surface area contributed by atoms with Crippen LogP contribution in [0.3, 0.4) is 0 Å². The van der Waals surface area contributed by atoms with Crippen LogP contribution in [0.2, 0.25) is 0 Å². The van der Waals surface area contributed by atoms with Crippen molar-refractivity contribution in [3.05, 3.63) is 65.7 Å². The SMILES string of the molecule is COc1ccc([C@@H]2N=C(c3ccccc3)C(C)(C)N2OC(C)=O)cc1. The Kier molecular flexibility index (Phi) is 4.59. The lowest BCUT2D eigenvalue weighted by Gasteiger charge is -2.33. The zero-order valence-corrected chi connectivity index (χ0v) is 14.9. The molecule has 0 spiro atoms. The number of methoxy groups -OCH3 is 1. The second kappa shape index (κ2) is 6.69. The topological polar surface area (TPSA) is 51.1 Å². The second-order valence-corrected chi connectivity index (χ2v) is 6.46. The maximum Gasteiger partial charge on any atom is 0.322 e. The molecule has 0 amide bonds. The van der Waals surface area contributed by atoms with Crippen molar-refractivity contribution in [1.82, 2.24) is 5.06 Å². The van der Waals surface area contributed by atoms with Crippen molar-refractivity contribution in [2.45, 2.75) is 32.5 Å². The van der Waals surface area contributed by atoms with Crippen molar-refractivity contribution in [1.29, 1.82) is 0 Å². The molecule has 1 heterocycles. The number of rotatable bonds is 4. The Labute approximate surface area is 147 Å². The standard InChI is InChI=1S/C20H22N2O3/c1-14(23)25-22-19(16-10-12-17(24-4)13-11-16)21-18(20(22,2)3)15-8-6-5-7-9-15/h5-13,19H,1-4H3/t19-/m1/s1. The van der Waals surface area contributed by atoms with Crippen LogP contribution in [0.15, 0.2) is 59.6 Å². The Morgan fingerprint density at radius 2 is 1.72 bits per heavy atom. The van der Waals surface area contributed by atoms with Gasteiger partial charge >= 0.3 is 5.97 Å². The minimum atomic E-state index is -0.558. The summed E-state index contributed by atoms with van der Waals surface area (Å²) < 4.78 is 5.22. The fourth-order valence-electron chi connectivity index (χ4n) is 3.06. The van der Waals surface area contributed by atoms with E-state index >= 15 is 0 Å². The van der Waals surface area contributed by atoms with E-state index in [0.29, 0.717) is 0 Å². The predicted molar refractivity (Wildman–Crippen MR) is 96.4 cm³/mol. The minimum Gasteiger partial charge on any atom is -0.497 e. The van der Waals surface area contributed by atoms with E-state index in [2.05, 4.69) is 0 Å². The van der Waals surface area contributed by atoms with Crippen LogP contribution in [0.5, 0.6) is 5.75 Å². The molecule has 0 N–H and O–H groups in total. The van der Waals surface area contributed by atoms with Crippen LogP contribution in [0.1, 0.15) is 38.1 Å². The summed E-state index contributed by atoms with van der Waals surface area (Å²) in [5.41, 5.74) is 2.27. The summed E-state index contributed by atoms with van der Waals surface area (Å²) in [5, 5.41) is 1.67. The van der Waals surface area contributed by atoms with Crippen molar-refractivity contribution < 1.29 is 14.4 Å². The Hall–Kier alpha value is -2.66. The molecule has 0 aliphatic carbocycles. The highest BCUT2D eigenvalue weighted by Crippen LogP contribution is 2.39. The average Bonchev–Trinajstić information content (AvgIpc) is 2.86. The molecule has 1 aliphatic rings. The van der Waals surface area contributed by atoms with Gasteiger partial charge in [-0.2, -0.15) is 0 Å². The Morgan fingerprint density at radius 3 is 2.28 bits per heavy atom. The van der Waals surface area contributed by atoms with Crippen LogP contribution in [0.25, 0.3) is 0 Å². The van der Waals surface area contributed by atoms with Gasteiger partial charge in [-0.25, -0.2) is 0 Å². The molecule has 0 radical (unpaired) electrons. The highest BCUT2D eigenvalue weighted by Gasteiger charge is 2.46. The van der Waals surface area contributed by atoms with Gasteiger partial charge in [0.2, 0.25) is 0 Å². The third-order valence-electron chi connectivity index (χ3n) is 4.29. The molecule has 3 rings (SSSR count). The number of ether oxygens (including phenoxy) is 1. The van der Waals surface area contributed by atoms with Gasteiger partial charge < -0.3 is 9.57 Å². The molecule has 0 unspecified atom stereocenters. The van der Waals surface area contributed by atoms with Crippen LogP contribution in [0.4, 0.5) is 0 Å². The summed E-state index contributed by atoms with van der Waals surface area (Å²) in [5.74, 6) is 0.406. The molecular formula is C20H22N2O3. The maximum absolute atomic E-state index is 11.7. The maximum atomic E-state index is 11.7. The number of hydrogen-bond donors (Lipinski definition) is 0. The zero-order chi connectivity index (χ0) is 18.0.